The Morgan fingerprint density at radius 3 is 0.818 bits per heavy atom. The van der Waals surface area contributed by atoms with Gasteiger partial charge in [0, 0.05) is 75.2 Å². The third-order valence-electron chi connectivity index (χ3n) is 16.3. The number of nitrogens with one attached hydrogen (secondary N) is 4. The molecule has 2 aliphatic rings. The third kappa shape index (κ3) is 11.1. The van der Waals surface area contributed by atoms with Crippen LogP contribution in [0.4, 0.5) is 104 Å². The number of H-pyrrole nitrogens is 2. The lowest BCUT2D eigenvalue weighted by Gasteiger charge is -2.35. The van der Waals surface area contributed by atoms with Crippen LogP contribution in [0.25, 0.3) is 90.9 Å². The molecule has 99 heavy (non-hydrogen) atoms. The van der Waals surface area contributed by atoms with Gasteiger partial charge in [-0.3, -0.25) is 9.59 Å². The van der Waals surface area contributed by atoms with Gasteiger partial charge in [0.05, 0.1) is 50.8 Å². The minimum Gasteiger partial charge on any atom is -0.356 e. The van der Waals surface area contributed by atoms with Gasteiger partial charge >= 0.3 is 12.4 Å². The molecule has 0 unspecified atom stereocenters. The number of fused-ring (bicyclic) bond motifs is 8. The van der Waals surface area contributed by atoms with Crippen LogP contribution < -0.4 is 10.6 Å². The first kappa shape index (κ1) is 69.7. The van der Waals surface area contributed by atoms with Gasteiger partial charge in [-0.05, 0) is 71.7 Å². The van der Waals surface area contributed by atoms with Crippen LogP contribution in [-0.4, -0.2) is 58.3 Å². The molecule has 0 aliphatic carbocycles. The number of anilines is 2. The average Bonchev–Trinajstić information content (AvgIpc) is 1.64. The first-order valence-electron chi connectivity index (χ1n) is 28.4. The van der Waals surface area contributed by atoms with Crippen LogP contribution in [0, 0.1) is 87.3 Å². The number of ether oxygens (including phenoxy) is 2. The Morgan fingerprint density at radius 1 is 0.343 bits per heavy atom. The van der Waals surface area contributed by atoms with E-state index in [1.54, 1.807) is 0 Å². The summed E-state index contributed by atoms with van der Waals surface area (Å²) in [6.45, 7) is 4.27. The number of halogens is 21. The highest BCUT2D eigenvalue weighted by atomic mass is 19.4. The molecule has 512 valence electrons. The van der Waals surface area contributed by atoms with Crippen LogP contribution in [0.2, 0.25) is 0 Å². The molecule has 31 heteroatoms. The molecule has 9 aromatic rings. The summed E-state index contributed by atoms with van der Waals surface area (Å²) in [5, 5.41) is 4.20. The third-order valence-corrected chi connectivity index (χ3v) is 16.3. The van der Waals surface area contributed by atoms with Crippen molar-refractivity contribution in [1.29, 1.82) is 0 Å². The van der Waals surface area contributed by atoms with Gasteiger partial charge in [0.25, 0.3) is 23.0 Å². The molecule has 0 saturated heterocycles. The summed E-state index contributed by atoms with van der Waals surface area (Å²) in [6, 6.07) is 14.5. The van der Waals surface area contributed by atoms with E-state index in [1.165, 1.54) is 32.9 Å². The van der Waals surface area contributed by atoms with E-state index in [9.17, 15) is 13.2 Å². The molecular weight excluding hydrogens is 1360 g/mol. The van der Waals surface area contributed by atoms with Crippen LogP contribution >= 0.6 is 0 Å². The van der Waals surface area contributed by atoms with Crippen LogP contribution in [0.3, 0.4) is 0 Å². The lowest BCUT2D eigenvalue weighted by Crippen LogP contribution is -2.53. The zero-order valence-electron chi connectivity index (χ0n) is 50.5. The van der Waals surface area contributed by atoms with Crippen molar-refractivity contribution >= 4 is 69.6 Å². The number of methoxy groups -OCH3 is 2. The van der Waals surface area contributed by atoms with E-state index in [1.807, 2.05) is 0 Å². The van der Waals surface area contributed by atoms with Gasteiger partial charge in [0.2, 0.25) is 17.5 Å². The number of hydrogen-bond acceptors (Lipinski definition) is 6. The number of aromatic amines is 2. The summed E-state index contributed by atoms with van der Waals surface area (Å²) in [5.74, 6) is -44.5. The molecule has 11 rings (SSSR count). The molecule has 3 aromatic heterocycles. The highest BCUT2D eigenvalue weighted by Crippen LogP contribution is 2.51. The number of aromatic nitrogens is 4. The minimum atomic E-state index is -5.79. The van der Waals surface area contributed by atoms with Gasteiger partial charge in [-0.1, -0.05) is 81.4 Å². The van der Waals surface area contributed by atoms with Crippen molar-refractivity contribution in [2.45, 2.75) is 49.7 Å². The molecule has 8 bridgehead atoms. The fraction of sp³-hybridized carbons (Fsp3) is 0.147. The smallest absolute Gasteiger partial charge is 0.356 e. The van der Waals surface area contributed by atoms with E-state index in [4.69, 9.17) is 9.47 Å². The molecule has 6 aromatic carbocycles. The van der Waals surface area contributed by atoms with E-state index in [0.29, 0.717) is 50.6 Å². The Kier molecular flexibility index (Phi) is 17.6. The number of benzene rings is 6. The quantitative estimate of drug-likeness (QED) is 0.0547. The Morgan fingerprint density at radius 2 is 0.586 bits per heavy atom. The molecule has 0 fully saturated rings. The summed E-state index contributed by atoms with van der Waals surface area (Å²) in [5.41, 5.74) is -33.1. The van der Waals surface area contributed by atoms with Gasteiger partial charge < -0.3 is 30.1 Å². The van der Waals surface area contributed by atoms with Crippen molar-refractivity contribution in [3.8, 4) is 44.5 Å². The van der Waals surface area contributed by atoms with Gasteiger partial charge in [-0.25, -0.2) is 75.8 Å². The lowest BCUT2D eigenvalue weighted by molar-refractivity contribution is -0.264. The first-order chi connectivity index (χ1) is 46.5. The second kappa shape index (κ2) is 25.0. The molecular formula is C68H39F21N6O4. The molecule has 2 atom stereocenters. The number of hydrogen-bond donors (Lipinski definition) is 4. The number of amides is 2. The second-order valence-corrected chi connectivity index (χ2v) is 22.9. The summed E-state index contributed by atoms with van der Waals surface area (Å²) < 4.78 is 343. The van der Waals surface area contributed by atoms with Gasteiger partial charge in [0.1, 0.15) is 0 Å². The highest BCUT2D eigenvalue weighted by Gasteiger charge is 2.64. The maximum absolute atomic E-state index is 16.7. The number of rotatable bonds is 12. The Hall–Kier alpha value is -10.7. The number of nitrogens with zero attached hydrogens (tertiary/aromatic N) is 2. The highest BCUT2D eigenvalue weighted by molar-refractivity contribution is 6.11. The lowest BCUT2D eigenvalue weighted by atomic mass is 9.83. The van der Waals surface area contributed by atoms with E-state index in [0.717, 1.165) is 72.8 Å². The van der Waals surface area contributed by atoms with E-state index in [-0.39, 0.29) is 5.56 Å². The molecule has 2 amide bonds. The fourth-order valence-electron chi connectivity index (χ4n) is 11.5. The maximum atomic E-state index is 16.7. The predicted molar refractivity (Wildman–Crippen MR) is 318 cm³/mol. The second-order valence-electron chi connectivity index (χ2n) is 22.9. The standard InChI is InChI=1S/C68H39F21N6O4/c1-64(2,3)28-24-37(94-62(96)65(98-4,67(84,85)86)26-12-8-6-9-13-26)43(38(25-28)95-63(97)66(99-5,68(87,88)89)27-14-10-7-11-15-27)39-29-16-18-31(90-29)40(44-47(69)53(75)59(81)54(76)48(44)70)33-20-22-35(92-33)42(46-51(73)57(79)61(83)58(80)52(46)74)36-23-21-34(93-36)41(32-19-17-30(39)91-32)45-49(71)55(77)60(82)56(78)50(45)72/h6-25,90,93H,1-5H3,(H,94,96)(H,95,97)/t65-,66+. The van der Waals surface area contributed by atoms with Gasteiger partial charge in [-0.2, -0.15) is 26.3 Å². The SMILES string of the molecule is CO[C@](C(=O)Nc1cc(C(C)(C)C)cc(NC(=O)[C@](OC)(c2ccccc2)C(F)(F)F)c1-c1c2nc(c(-c3c(F)c(F)c(F)c(F)c3F)c3ccc([nH]3)c(-c3c(F)c(F)c(F)c(F)c3F)c3nc(c(-c4c(F)c(F)c(F)c(F)c4F)c4ccc1[nH]4)C=C3)C=C2)(c1ccccc1)C(F)(F)F. The Bertz CT molecular complexity index is 4890. The zero-order valence-corrected chi connectivity index (χ0v) is 50.5. The fourth-order valence-corrected chi connectivity index (χ4v) is 11.5. The van der Waals surface area contributed by atoms with E-state index < -0.39 is 240 Å². The maximum Gasteiger partial charge on any atom is 0.430 e. The molecule has 2 aliphatic heterocycles. The molecule has 0 saturated carbocycles. The molecule has 0 spiro atoms. The molecule has 5 heterocycles. The van der Waals surface area contributed by atoms with E-state index in [2.05, 4.69) is 30.6 Å². The number of carbonyl (C=O) groups is 2. The van der Waals surface area contributed by atoms with Crippen molar-refractivity contribution in [3.63, 3.8) is 0 Å². The van der Waals surface area contributed by atoms with Crippen molar-refractivity contribution in [3.05, 3.63) is 224 Å². The monoisotopic (exact) mass is 1400 g/mol. The van der Waals surface area contributed by atoms with Crippen molar-refractivity contribution in [2.24, 2.45) is 0 Å². The summed E-state index contributed by atoms with van der Waals surface area (Å²) in [4.78, 5) is 43.8. The number of alkyl halides is 6. The topological polar surface area (TPSA) is 134 Å². The minimum absolute atomic E-state index is 0.190. The Labute approximate surface area is 542 Å². The van der Waals surface area contributed by atoms with Crippen molar-refractivity contribution in [2.75, 3.05) is 24.9 Å². The van der Waals surface area contributed by atoms with Gasteiger partial charge in [0.15, 0.2) is 69.8 Å². The average molecular weight is 1400 g/mol. The summed E-state index contributed by atoms with van der Waals surface area (Å²) >= 11 is 0. The Balaban J connectivity index is 1.41. The molecule has 10 nitrogen and oxygen atoms in total. The van der Waals surface area contributed by atoms with Crippen molar-refractivity contribution in [1.82, 2.24) is 19.9 Å². The summed E-state index contributed by atoms with van der Waals surface area (Å²) in [7, 11) is 0.922. The molecule has 4 N–H and O–H groups in total. The van der Waals surface area contributed by atoms with Gasteiger partial charge in [-0.15, -0.1) is 0 Å². The summed E-state index contributed by atoms with van der Waals surface area (Å²) in [6.07, 6.45) is -8.94. The number of carbonyl (C=O) groups excluding carboxylic acids is 2. The predicted octanol–water partition coefficient (Wildman–Crippen LogP) is 18.8. The largest absolute Gasteiger partial charge is 0.430 e. The zero-order chi connectivity index (χ0) is 72.2. The van der Waals surface area contributed by atoms with Crippen LogP contribution in [-0.2, 0) is 35.7 Å². The van der Waals surface area contributed by atoms with Crippen LogP contribution in [0.1, 0.15) is 60.2 Å². The van der Waals surface area contributed by atoms with E-state index >= 15 is 88.6 Å². The van der Waals surface area contributed by atoms with Crippen LogP contribution in [0.5, 0.6) is 0 Å². The first-order valence-corrected chi connectivity index (χ1v) is 28.4. The normalized spacial score (nSPS) is 13.8. The van der Waals surface area contributed by atoms with Crippen molar-refractivity contribution < 1.29 is 111 Å². The molecule has 0 radical (unpaired) electrons. The van der Waals surface area contributed by atoms with Crippen LogP contribution in [0.15, 0.2) is 97.1 Å².